The monoisotopic (exact) mass is 385 g/mol. The Labute approximate surface area is 167 Å². The minimum absolute atomic E-state index is 0.217. The molecule has 29 heavy (non-hydrogen) atoms. The van der Waals surface area contributed by atoms with Gasteiger partial charge in [-0.3, -0.25) is 0 Å². The molecule has 0 aromatic heterocycles. The average Bonchev–Trinajstić information content (AvgIpc) is 3.35. The topological polar surface area (TPSA) is 67.8 Å². The van der Waals surface area contributed by atoms with Gasteiger partial charge in [0.05, 0.1) is 13.1 Å². The lowest BCUT2D eigenvalue weighted by atomic mass is 9.87. The van der Waals surface area contributed by atoms with Crippen LogP contribution in [-0.2, 0) is 16.3 Å². The maximum atomic E-state index is 12.4. The van der Waals surface area contributed by atoms with Crippen LogP contribution in [0.2, 0.25) is 0 Å². The number of carbonyl (C=O) groups is 1. The number of carboxylic acid groups (broad SMARTS) is 1. The Hall–Kier alpha value is -3.57. The number of aliphatic carboxylic acids is 1. The van der Waals surface area contributed by atoms with Gasteiger partial charge in [-0.1, -0.05) is 54.6 Å². The highest BCUT2D eigenvalue weighted by Gasteiger charge is 2.35. The molecule has 1 aliphatic heterocycles. The molecule has 0 amide bonds. The van der Waals surface area contributed by atoms with Crippen molar-refractivity contribution in [3.63, 3.8) is 0 Å². The number of fused-ring (bicyclic) bond motifs is 2. The summed E-state index contributed by atoms with van der Waals surface area (Å²) >= 11 is 0. The van der Waals surface area contributed by atoms with E-state index in [0.717, 1.165) is 27.8 Å². The minimum Gasteiger partial charge on any atom is -0.545 e. The molecular weight excluding hydrogens is 368 g/mol. The fourth-order valence-corrected chi connectivity index (χ4v) is 4.24. The van der Waals surface area contributed by atoms with Gasteiger partial charge in [0.1, 0.15) is 12.4 Å². The van der Waals surface area contributed by atoms with Crippen molar-refractivity contribution < 1.29 is 24.4 Å². The molecule has 0 fully saturated rings. The Morgan fingerprint density at radius 1 is 1.03 bits per heavy atom. The molecule has 5 heteroatoms. The van der Waals surface area contributed by atoms with Gasteiger partial charge in [-0.15, -0.1) is 0 Å². The van der Waals surface area contributed by atoms with Crippen molar-refractivity contribution in [1.29, 1.82) is 0 Å². The lowest BCUT2D eigenvalue weighted by Gasteiger charge is -2.21. The van der Waals surface area contributed by atoms with Crippen LogP contribution in [0.15, 0.2) is 72.3 Å². The lowest BCUT2D eigenvalue weighted by Crippen LogP contribution is -2.27. The summed E-state index contributed by atoms with van der Waals surface area (Å²) in [6, 6.07) is 20.8. The summed E-state index contributed by atoms with van der Waals surface area (Å²) in [7, 11) is 1.58. The first-order valence-electron chi connectivity index (χ1n) is 9.29. The van der Waals surface area contributed by atoms with Crippen LogP contribution >= 0.6 is 0 Å². The molecule has 1 heterocycles. The van der Waals surface area contributed by atoms with E-state index < -0.39 is 11.9 Å². The quantitative estimate of drug-likeness (QED) is 0.645. The molecule has 0 saturated heterocycles. The van der Waals surface area contributed by atoms with E-state index in [1.165, 1.54) is 0 Å². The molecule has 1 aliphatic carbocycles. The number of carboxylic acids is 1. The van der Waals surface area contributed by atoms with Crippen molar-refractivity contribution in [1.82, 2.24) is 0 Å². The number of carbonyl (C=O) groups excluding carboxylic acids is 1. The first kappa shape index (κ1) is 17.5. The Balaban J connectivity index is 1.79. The molecule has 5 nitrogen and oxygen atoms in total. The van der Waals surface area contributed by atoms with Gasteiger partial charge < -0.3 is 19.5 Å². The molecule has 1 unspecified atom stereocenters. The molecule has 2 aliphatic rings. The van der Waals surface area contributed by atoms with E-state index >= 15 is 0 Å². The second-order valence-corrected chi connectivity index (χ2v) is 7.01. The van der Waals surface area contributed by atoms with Gasteiger partial charge in [-0.2, -0.15) is 4.89 Å². The fourth-order valence-electron chi connectivity index (χ4n) is 4.24. The van der Waals surface area contributed by atoms with Gasteiger partial charge in [0.15, 0.2) is 5.75 Å². The number of hydrogen-bond acceptors (Lipinski definition) is 5. The molecule has 0 N–H and O–H groups in total. The largest absolute Gasteiger partial charge is 0.545 e. The van der Waals surface area contributed by atoms with Crippen LogP contribution in [0.3, 0.4) is 0 Å². The zero-order valence-corrected chi connectivity index (χ0v) is 15.7. The van der Waals surface area contributed by atoms with Crippen LogP contribution in [0.25, 0.3) is 5.57 Å². The standard InChI is InChI=1S/C24H18O5/c1-27-19-9-5-4-8-18(19)22-17-7-3-2-6-16(17)21(23(22)24(25)26)14-10-11-15-13-28-29-20(15)12-14/h2-12,22H,13H2,1H3,(H,25,26)/p-1. The summed E-state index contributed by atoms with van der Waals surface area (Å²) in [5, 5.41) is 12.4. The highest BCUT2D eigenvalue weighted by molar-refractivity contribution is 6.06. The molecule has 0 bridgehead atoms. The van der Waals surface area contributed by atoms with Crippen molar-refractivity contribution >= 4 is 11.5 Å². The molecule has 3 aromatic rings. The van der Waals surface area contributed by atoms with E-state index in [-0.39, 0.29) is 5.57 Å². The van der Waals surface area contributed by atoms with Crippen molar-refractivity contribution in [3.8, 4) is 11.5 Å². The van der Waals surface area contributed by atoms with Crippen LogP contribution in [0, 0.1) is 0 Å². The van der Waals surface area contributed by atoms with Crippen LogP contribution in [0.4, 0.5) is 0 Å². The average molecular weight is 385 g/mol. The van der Waals surface area contributed by atoms with Gasteiger partial charge >= 0.3 is 0 Å². The third-order valence-corrected chi connectivity index (χ3v) is 5.49. The van der Waals surface area contributed by atoms with Gasteiger partial charge in [-0.05, 0) is 40.0 Å². The zero-order chi connectivity index (χ0) is 20.0. The van der Waals surface area contributed by atoms with Crippen molar-refractivity contribution in [2.45, 2.75) is 12.5 Å². The third-order valence-electron chi connectivity index (χ3n) is 5.49. The van der Waals surface area contributed by atoms with E-state index in [1.54, 1.807) is 7.11 Å². The summed E-state index contributed by atoms with van der Waals surface area (Å²) in [5.41, 5.74) is 5.09. The van der Waals surface area contributed by atoms with E-state index in [2.05, 4.69) is 0 Å². The molecule has 1 atom stereocenters. The summed E-state index contributed by atoms with van der Waals surface area (Å²) in [6.45, 7) is 0.377. The molecule has 0 radical (unpaired) electrons. The molecule has 144 valence electrons. The normalized spacial score (nSPS) is 16.9. The predicted octanol–water partition coefficient (Wildman–Crippen LogP) is 3.22. The summed E-state index contributed by atoms with van der Waals surface area (Å²) < 4.78 is 5.53. The van der Waals surface area contributed by atoms with E-state index in [9.17, 15) is 9.90 Å². The SMILES string of the molecule is COc1ccccc1C1C(C(=O)[O-])=C(c2ccc3c(c2)OOC3)c2ccccc21. The second-order valence-electron chi connectivity index (χ2n) is 7.01. The van der Waals surface area contributed by atoms with Crippen LogP contribution < -0.4 is 14.7 Å². The Morgan fingerprint density at radius 3 is 2.59 bits per heavy atom. The number of methoxy groups -OCH3 is 1. The zero-order valence-electron chi connectivity index (χ0n) is 15.7. The molecule has 5 rings (SSSR count). The summed E-state index contributed by atoms with van der Waals surface area (Å²) in [5.74, 6) is -0.457. The van der Waals surface area contributed by atoms with Gasteiger partial charge in [0.25, 0.3) is 0 Å². The molecule has 0 saturated carbocycles. The lowest BCUT2D eigenvalue weighted by molar-refractivity contribution is -0.299. The Kier molecular flexibility index (Phi) is 4.11. The first-order chi connectivity index (χ1) is 14.2. The predicted molar refractivity (Wildman–Crippen MR) is 104 cm³/mol. The van der Waals surface area contributed by atoms with Crippen molar-refractivity contribution in [3.05, 3.63) is 100 Å². The fraction of sp³-hybridized carbons (Fsp3) is 0.125. The Morgan fingerprint density at radius 2 is 1.79 bits per heavy atom. The Bertz CT molecular complexity index is 1160. The summed E-state index contributed by atoms with van der Waals surface area (Å²) in [4.78, 5) is 22.7. The maximum Gasteiger partial charge on any atom is 0.171 e. The van der Waals surface area contributed by atoms with E-state index in [0.29, 0.717) is 23.7 Å². The maximum absolute atomic E-state index is 12.4. The smallest absolute Gasteiger partial charge is 0.171 e. The minimum atomic E-state index is -1.20. The second kappa shape index (κ2) is 6.79. The number of para-hydroxylation sites is 1. The van der Waals surface area contributed by atoms with Gasteiger partial charge in [-0.25, -0.2) is 0 Å². The van der Waals surface area contributed by atoms with Crippen molar-refractivity contribution in [2.24, 2.45) is 0 Å². The molecule has 0 spiro atoms. The van der Waals surface area contributed by atoms with Crippen LogP contribution in [0.5, 0.6) is 11.5 Å². The van der Waals surface area contributed by atoms with Crippen LogP contribution in [-0.4, -0.2) is 13.1 Å². The van der Waals surface area contributed by atoms with E-state index in [4.69, 9.17) is 14.5 Å². The molecular formula is C24H17O5-. The third kappa shape index (κ3) is 2.70. The number of ether oxygens (including phenoxy) is 1. The van der Waals surface area contributed by atoms with Gasteiger partial charge in [0, 0.05) is 17.0 Å². The number of rotatable bonds is 4. The van der Waals surface area contributed by atoms with Gasteiger partial charge in [0.2, 0.25) is 0 Å². The van der Waals surface area contributed by atoms with E-state index in [1.807, 2.05) is 66.7 Å². The molecule has 3 aromatic carbocycles. The summed E-state index contributed by atoms with van der Waals surface area (Å²) in [6.07, 6.45) is 0. The number of hydrogen-bond donors (Lipinski definition) is 0. The highest BCUT2D eigenvalue weighted by Crippen LogP contribution is 2.50. The van der Waals surface area contributed by atoms with Crippen molar-refractivity contribution in [2.75, 3.05) is 7.11 Å². The highest BCUT2D eigenvalue weighted by atomic mass is 17.2. The van der Waals surface area contributed by atoms with Crippen LogP contribution in [0.1, 0.15) is 33.7 Å². The first-order valence-corrected chi connectivity index (χ1v) is 9.29. The number of benzene rings is 3.